The van der Waals surface area contributed by atoms with E-state index in [-0.39, 0.29) is 5.75 Å². The number of fused-ring (bicyclic) bond motifs is 3. The number of hydrogen-bond acceptors (Lipinski definition) is 3. The summed E-state index contributed by atoms with van der Waals surface area (Å²) in [5.41, 5.74) is 5.36. The van der Waals surface area contributed by atoms with Gasteiger partial charge in [-0.15, -0.1) is 0 Å². The predicted molar refractivity (Wildman–Crippen MR) is 137 cm³/mol. The topological polar surface area (TPSA) is 50.4 Å². The minimum absolute atomic E-state index is 0.260. The van der Waals surface area contributed by atoms with Crippen molar-refractivity contribution in [2.24, 2.45) is 4.99 Å². The minimum Gasteiger partial charge on any atom is -0.507 e. The Hall–Kier alpha value is -4.44. The number of aromatic hydroxyl groups is 1. The molecule has 0 aliphatic carbocycles. The number of para-hydroxylation sites is 2. The van der Waals surface area contributed by atoms with E-state index < -0.39 is 0 Å². The fourth-order valence-electron chi connectivity index (χ4n) is 4.24. The SMILES string of the molecule is C=CN=C(/C=C\C)c1cccc(-n2c3ccccc3c3ccc(-c4ccccc4O)cc32)n1. The molecule has 5 aromatic rings. The number of hydrogen-bond donors (Lipinski definition) is 1. The highest BCUT2D eigenvalue weighted by Crippen LogP contribution is 2.36. The van der Waals surface area contributed by atoms with Gasteiger partial charge in [0, 0.05) is 22.5 Å². The Kier molecular flexibility index (Phi) is 5.33. The first kappa shape index (κ1) is 20.5. The van der Waals surface area contributed by atoms with Crippen LogP contribution >= 0.6 is 0 Å². The van der Waals surface area contributed by atoms with E-state index in [0.717, 1.165) is 50.2 Å². The summed E-state index contributed by atoms with van der Waals surface area (Å²) < 4.78 is 2.17. The molecule has 160 valence electrons. The Bertz CT molecular complexity index is 1560. The molecular formula is C29H23N3O. The van der Waals surface area contributed by atoms with E-state index in [1.165, 1.54) is 6.20 Å². The van der Waals surface area contributed by atoms with E-state index in [0.29, 0.717) is 0 Å². The van der Waals surface area contributed by atoms with Crippen LogP contribution in [-0.2, 0) is 0 Å². The molecule has 0 fully saturated rings. The van der Waals surface area contributed by atoms with Crippen LogP contribution in [0, 0.1) is 0 Å². The standard InChI is InChI=1S/C29H23N3O/c1-3-10-24(30-4-2)25-13-9-16-29(31-25)32-26-14-7-5-12-22(26)23-18-17-20(19-27(23)32)21-11-6-8-15-28(21)33/h3-19,33H,2H2,1H3/b10-3-,30-24?. The van der Waals surface area contributed by atoms with E-state index in [4.69, 9.17) is 4.98 Å². The summed E-state index contributed by atoms with van der Waals surface area (Å²) in [4.78, 5) is 9.35. The first-order chi connectivity index (χ1) is 16.2. The Labute approximate surface area is 192 Å². The second-order valence-electron chi connectivity index (χ2n) is 7.68. The van der Waals surface area contributed by atoms with Crippen molar-refractivity contribution < 1.29 is 5.11 Å². The molecule has 4 heteroatoms. The molecule has 3 aromatic carbocycles. The van der Waals surface area contributed by atoms with Crippen molar-refractivity contribution in [1.82, 2.24) is 9.55 Å². The van der Waals surface area contributed by atoms with Crippen molar-refractivity contribution in [2.45, 2.75) is 6.92 Å². The number of benzene rings is 3. The third-order valence-corrected chi connectivity index (χ3v) is 5.67. The molecule has 5 rings (SSSR count). The Morgan fingerprint density at radius 3 is 2.52 bits per heavy atom. The maximum atomic E-state index is 10.4. The molecule has 0 saturated carbocycles. The Morgan fingerprint density at radius 1 is 0.909 bits per heavy atom. The van der Waals surface area contributed by atoms with Crippen LogP contribution in [0.15, 0.2) is 115 Å². The zero-order valence-corrected chi connectivity index (χ0v) is 18.3. The summed E-state index contributed by atoms with van der Waals surface area (Å²) in [7, 11) is 0. The molecule has 2 heterocycles. The molecule has 0 radical (unpaired) electrons. The molecule has 2 aromatic heterocycles. The fraction of sp³-hybridized carbons (Fsp3) is 0.0345. The van der Waals surface area contributed by atoms with Crippen LogP contribution in [0.5, 0.6) is 5.75 Å². The van der Waals surface area contributed by atoms with Crippen molar-refractivity contribution in [3.05, 3.63) is 116 Å². The summed E-state index contributed by atoms with van der Waals surface area (Å²) in [6.07, 6.45) is 5.40. The van der Waals surface area contributed by atoms with Crippen LogP contribution in [0.3, 0.4) is 0 Å². The maximum Gasteiger partial charge on any atom is 0.138 e. The van der Waals surface area contributed by atoms with Gasteiger partial charge < -0.3 is 5.11 Å². The molecule has 0 unspecified atom stereocenters. The van der Waals surface area contributed by atoms with Gasteiger partial charge in [0.05, 0.1) is 22.4 Å². The Balaban J connectivity index is 1.79. The van der Waals surface area contributed by atoms with Crippen LogP contribution < -0.4 is 0 Å². The fourth-order valence-corrected chi connectivity index (χ4v) is 4.24. The molecule has 0 spiro atoms. The number of aromatic nitrogens is 2. The second-order valence-corrected chi connectivity index (χ2v) is 7.68. The zero-order valence-electron chi connectivity index (χ0n) is 18.3. The molecule has 0 amide bonds. The number of nitrogens with zero attached hydrogens (tertiary/aromatic N) is 3. The van der Waals surface area contributed by atoms with Crippen LogP contribution in [0.1, 0.15) is 12.6 Å². The van der Waals surface area contributed by atoms with Crippen LogP contribution in [0.25, 0.3) is 38.8 Å². The largest absolute Gasteiger partial charge is 0.507 e. The third-order valence-electron chi connectivity index (χ3n) is 5.67. The van der Waals surface area contributed by atoms with Gasteiger partial charge >= 0.3 is 0 Å². The van der Waals surface area contributed by atoms with Crippen molar-refractivity contribution in [1.29, 1.82) is 0 Å². The van der Waals surface area contributed by atoms with Gasteiger partial charge in [-0.25, -0.2) is 4.98 Å². The van der Waals surface area contributed by atoms with Crippen LogP contribution in [0.4, 0.5) is 0 Å². The first-order valence-electron chi connectivity index (χ1n) is 10.8. The van der Waals surface area contributed by atoms with E-state index >= 15 is 0 Å². The predicted octanol–water partition coefficient (Wildman–Crippen LogP) is 7.06. The van der Waals surface area contributed by atoms with Gasteiger partial charge in [-0.2, -0.15) is 0 Å². The molecule has 0 atom stereocenters. The lowest BCUT2D eigenvalue weighted by Crippen LogP contribution is -2.04. The minimum atomic E-state index is 0.260. The number of rotatable bonds is 5. The van der Waals surface area contributed by atoms with Crippen molar-refractivity contribution in [3.63, 3.8) is 0 Å². The van der Waals surface area contributed by atoms with Gasteiger partial charge in [-0.1, -0.05) is 67.3 Å². The lowest BCUT2D eigenvalue weighted by atomic mass is 10.0. The van der Waals surface area contributed by atoms with E-state index in [1.807, 2.05) is 67.6 Å². The van der Waals surface area contributed by atoms with Gasteiger partial charge in [0.2, 0.25) is 0 Å². The third kappa shape index (κ3) is 3.62. The highest BCUT2D eigenvalue weighted by atomic mass is 16.3. The van der Waals surface area contributed by atoms with E-state index in [1.54, 1.807) is 6.07 Å². The van der Waals surface area contributed by atoms with Crippen molar-refractivity contribution >= 4 is 27.5 Å². The number of aliphatic imine (C=N–C) groups is 1. The first-order valence-corrected chi connectivity index (χ1v) is 10.8. The molecule has 0 aliphatic heterocycles. The summed E-state index contributed by atoms with van der Waals surface area (Å²) in [6.45, 7) is 5.69. The molecule has 4 nitrogen and oxygen atoms in total. The summed E-state index contributed by atoms with van der Waals surface area (Å²) in [5, 5.41) is 12.7. The zero-order chi connectivity index (χ0) is 22.8. The summed E-state index contributed by atoms with van der Waals surface area (Å²) in [5.74, 6) is 1.06. The van der Waals surface area contributed by atoms with Gasteiger partial charge in [-0.05, 0) is 48.9 Å². The van der Waals surface area contributed by atoms with Crippen LogP contribution in [-0.4, -0.2) is 20.4 Å². The van der Waals surface area contributed by atoms with Crippen molar-refractivity contribution in [2.75, 3.05) is 0 Å². The van der Waals surface area contributed by atoms with Gasteiger partial charge in [0.25, 0.3) is 0 Å². The molecule has 33 heavy (non-hydrogen) atoms. The van der Waals surface area contributed by atoms with Gasteiger partial charge in [0.15, 0.2) is 0 Å². The van der Waals surface area contributed by atoms with E-state index in [2.05, 4.69) is 46.5 Å². The summed E-state index contributed by atoms with van der Waals surface area (Å²) in [6, 6.07) is 28.0. The number of pyridine rings is 1. The number of phenolic OH excluding ortho intramolecular Hbond substituents is 1. The maximum absolute atomic E-state index is 10.4. The lowest BCUT2D eigenvalue weighted by molar-refractivity contribution is 0.477. The second kappa shape index (κ2) is 8.60. The van der Waals surface area contributed by atoms with Crippen molar-refractivity contribution in [3.8, 4) is 22.7 Å². The van der Waals surface area contributed by atoms with Crippen LogP contribution in [0.2, 0.25) is 0 Å². The monoisotopic (exact) mass is 429 g/mol. The van der Waals surface area contributed by atoms with Gasteiger partial charge in [0.1, 0.15) is 11.6 Å². The average Bonchev–Trinajstić information content (AvgIpc) is 3.18. The molecular weight excluding hydrogens is 406 g/mol. The highest BCUT2D eigenvalue weighted by Gasteiger charge is 2.15. The molecule has 0 aliphatic rings. The molecule has 0 saturated heterocycles. The quantitative estimate of drug-likeness (QED) is 0.304. The number of allylic oxidation sites excluding steroid dienone is 2. The summed E-state index contributed by atoms with van der Waals surface area (Å²) >= 11 is 0. The molecule has 0 bridgehead atoms. The number of phenols is 1. The average molecular weight is 430 g/mol. The van der Waals surface area contributed by atoms with Gasteiger partial charge in [-0.3, -0.25) is 9.56 Å². The smallest absolute Gasteiger partial charge is 0.138 e. The van der Waals surface area contributed by atoms with E-state index in [9.17, 15) is 5.11 Å². The molecule has 1 N–H and O–H groups in total. The lowest BCUT2D eigenvalue weighted by Gasteiger charge is -2.10. The highest BCUT2D eigenvalue weighted by molar-refractivity contribution is 6.10. The normalized spacial score (nSPS) is 12.1. The Morgan fingerprint density at radius 2 is 1.70 bits per heavy atom.